The van der Waals surface area contributed by atoms with E-state index in [1.165, 1.54) is 25.0 Å². The molecular weight excluding hydrogens is 282 g/mol. The Bertz CT molecular complexity index is 467. The van der Waals surface area contributed by atoms with Gasteiger partial charge in [-0.2, -0.15) is 5.10 Å². The molecule has 120 valence electrons. The third kappa shape index (κ3) is 3.62. The highest BCUT2D eigenvalue weighted by Gasteiger charge is 2.32. The molecule has 4 heteroatoms. The quantitative estimate of drug-likeness (QED) is 0.898. The molecule has 2 rings (SSSR count). The van der Waals surface area contributed by atoms with E-state index in [1.54, 1.807) is 0 Å². The van der Waals surface area contributed by atoms with Crippen LogP contribution in [-0.4, -0.2) is 16.3 Å². The summed E-state index contributed by atoms with van der Waals surface area (Å²) in [6, 6.07) is 0. The Kier molecular flexibility index (Phi) is 5.73. The minimum atomic E-state index is 0.635. The predicted molar refractivity (Wildman–Crippen MR) is 89.5 cm³/mol. The topological polar surface area (TPSA) is 43.8 Å². The number of hydrogen-bond acceptors (Lipinski definition) is 2. The lowest BCUT2D eigenvalue weighted by Gasteiger charge is -2.37. The van der Waals surface area contributed by atoms with Gasteiger partial charge in [-0.25, -0.2) is 0 Å². The second kappa shape index (κ2) is 7.15. The molecule has 3 unspecified atom stereocenters. The minimum absolute atomic E-state index is 0.635. The van der Waals surface area contributed by atoms with Crippen molar-refractivity contribution >= 4 is 11.6 Å². The molecule has 1 saturated carbocycles. The standard InChI is InChI=1S/C17H30ClN3/c1-5-15-17(18)16(21(4)20-15)9-14-8-12(11(2)3)6-7-13(14)10-19/h11-14H,5-10,19H2,1-4H3. The van der Waals surface area contributed by atoms with E-state index in [0.717, 1.165) is 41.9 Å². The Hall–Kier alpha value is -0.540. The molecule has 1 aromatic heterocycles. The Morgan fingerprint density at radius 2 is 2.05 bits per heavy atom. The van der Waals surface area contributed by atoms with Crippen molar-refractivity contribution in [1.29, 1.82) is 0 Å². The average molecular weight is 312 g/mol. The van der Waals surface area contributed by atoms with E-state index in [0.29, 0.717) is 11.8 Å². The van der Waals surface area contributed by atoms with Gasteiger partial charge in [-0.05, 0) is 62.3 Å². The van der Waals surface area contributed by atoms with Crippen LogP contribution in [-0.2, 0) is 19.9 Å². The van der Waals surface area contributed by atoms with E-state index in [-0.39, 0.29) is 0 Å². The molecular formula is C17H30ClN3. The molecule has 3 atom stereocenters. The summed E-state index contributed by atoms with van der Waals surface area (Å²) in [6.07, 6.45) is 5.79. The minimum Gasteiger partial charge on any atom is -0.330 e. The fraction of sp³-hybridized carbons (Fsp3) is 0.824. The molecule has 1 heterocycles. The van der Waals surface area contributed by atoms with Crippen molar-refractivity contribution in [3.63, 3.8) is 0 Å². The summed E-state index contributed by atoms with van der Waals surface area (Å²) < 4.78 is 1.98. The summed E-state index contributed by atoms with van der Waals surface area (Å²) in [4.78, 5) is 0. The van der Waals surface area contributed by atoms with E-state index in [4.69, 9.17) is 17.3 Å². The number of rotatable bonds is 5. The maximum Gasteiger partial charge on any atom is 0.0849 e. The second-order valence-corrected chi connectivity index (χ2v) is 7.34. The molecule has 0 radical (unpaired) electrons. The number of halogens is 1. The van der Waals surface area contributed by atoms with Crippen molar-refractivity contribution in [2.24, 2.45) is 36.5 Å². The lowest BCUT2D eigenvalue weighted by Crippen LogP contribution is -2.33. The average Bonchev–Trinajstić information content (AvgIpc) is 2.74. The van der Waals surface area contributed by atoms with Gasteiger partial charge in [-0.15, -0.1) is 0 Å². The van der Waals surface area contributed by atoms with Crippen LogP contribution in [0.2, 0.25) is 5.02 Å². The van der Waals surface area contributed by atoms with Crippen LogP contribution < -0.4 is 5.73 Å². The van der Waals surface area contributed by atoms with Crippen molar-refractivity contribution in [3.8, 4) is 0 Å². The zero-order valence-corrected chi connectivity index (χ0v) is 14.7. The van der Waals surface area contributed by atoms with E-state index in [1.807, 2.05) is 11.7 Å². The molecule has 0 aliphatic heterocycles. The van der Waals surface area contributed by atoms with Crippen LogP contribution >= 0.6 is 11.6 Å². The first-order chi connectivity index (χ1) is 9.97. The van der Waals surface area contributed by atoms with Crippen molar-refractivity contribution in [2.45, 2.75) is 52.9 Å². The van der Waals surface area contributed by atoms with Crippen LogP contribution in [0.1, 0.15) is 51.4 Å². The van der Waals surface area contributed by atoms with Crippen molar-refractivity contribution in [2.75, 3.05) is 6.54 Å². The lowest BCUT2D eigenvalue weighted by atomic mass is 9.69. The first-order valence-electron chi connectivity index (χ1n) is 8.38. The number of nitrogens with zero attached hydrogens (tertiary/aromatic N) is 2. The molecule has 0 amide bonds. The Labute approximate surface area is 134 Å². The van der Waals surface area contributed by atoms with Crippen LogP contribution in [0.3, 0.4) is 0 Å². The molecule has 0 spiro atoms. The summed E-state index contributed by atoms with van der Waals surface area (Å²) in [5.41, 5.74) is 8.24. The maximum absolute atomic E-state index is 6.52. The van der Waals surface area contributed by atoms with Crippen LogP contribution in [0.25, 0.3) is 0 Å². The predicted octanol–water partition coefficient (Wildman–Crippen LogP) is 3.83. The van der Waals surface area contributed by atoms with Gasteiger partial charge in [-0.3, -0.25) is 4.68 Å². The molecule has 21 heavy (non-hydrogen) atoms. The highest BCUT2D eigenvalue weighted by atomic mass is 35.5. The smallest absolute Gasteiger partial charge is 0.0849 e. The third-order valence-electron chi connectivity index (χ3n) is 5.38. The molecule has 2 N–H and O–H groups in total. The van der Waals surface area contributed by atoms with Gasteiger partial charge >= 0.3 is 0 Å². The molecule has 1 aliphatic rings. The van der Waals surface area contributed by atoms with Crippen LogP contribution in [0, 0.1) is 23.7 Å². The first kappa shape index (κ1) is 16.8. The van der Waals surface area contributed by atoms with Gasteiger partial charge in [0.25, 0.3) is 0 Å². The number of aryl methyl sites for hydroxylation is 2. The lowest BCUT2D eigenvalue weighted by molar-refractivity contribution is 0.149. The Morgan fingerprint density at radius 3 is 2.57 bits per heavy atom. The number of hydrogen-bond donors (Lipinski definition) is 1. The van der Waals surface area contributed by atoms with Gasteiger partial charge < -0.3 is 5.73 Å². The second-order valence-electron chi connectivity index (χ2n) is 6.96. The van der Waals surface area contributed by atoms with Gasteiger partial charge in [0, 0.05) is 7.05 Å². The third-order valence-corrected chi connectivity index (χ3v) is 5.82. The van der Waals surface area contributed by atoms with Crippen molar-refractivity contribution in [3.05, 3.63) is 16.4 Å². The highest BCUT2D eigenvalue weighted by molar-refractivity contribution is 6.31. The van der Waals surface area contributed by atoms with Gasteiger partial charge in [0.1, 0.15) is 0 Å². The fourth-order valence-corrected chi connectivity index (χ4v) is 4.19. The van der Waals surface area contributed by atoms with Gasteiger partial charge in [-0.1, -0.05) is 32.4 Å². The molecule has 0 saturated heterocycles. The van der Waals surface area contributed by atoms with E-state index < -0.39 is 0 Å². The highest BCUT2D eigenvalue weighted by Crippen LogP contribution is 2.39. The first-order valence-corrected chi connectivity index (χ1v) is 8.75. The SMILES string of the molecule is CCc1nn(C)c(CC2CC(C(C)C)CCC2CN)c1Cl. The monoisotopic (exact) mass is 311 g/mol. The summed E-state index contributed by atoms with van der Waals surface area (Å²) in [6.45, 7) is 7.59. The number of aromatic nitrogens is 2. The largest absolute Gasteiger partial charge is 0.330 e. The zero-order chi connectivity index (χ0) is 15.6. The van der Waals surface area contributed by atoms with Gasteiger partial charge in [0.05, 0.1) is 16.4 Å². The van der Waals surface area contributed by atoms with E-state index in [2.05, 4.69) is 25.9 Å². The normalized spacial score (nSPS) is 26.5. The summed E-state index contributed by atoms with van der Waals surface area (Å²) in [5, 5.41) is 5.43. The number of nitrogens with two attached hydrogens (primary N) is 1. The summed E-state index contributed by atoms with van der Waals surface area (Å²) in [7, 11) is 2.01. The fourth-order valence-electron chi connectivity index (χ4n) is 3.82. The molecule has 1 fully saturated rings. The molecule has 3 nitrogen and oxygen atoms in total. The maximum atomic E-state index is 6.52. The zero-order valence-electron chi connectivity index (χ0n) is 13.9. The molecule has 1 aliphatic carbocycles. The van der Waals surface area contributed by atoms with Gasteiger partial charge in [0.15, 0.2) is 0 Å². The Balaban J connectivity index is 2.17. The summed E-state index contributed by atoms with van der Waals surface area (Å²) in [5.74, 6) is 2.87. The summed E-state index contributed by atoms with van der Waals surface area (Å²) >= 11 is 6.52. The Morgan fingerprint density at radius 1 is 1.33 bits per heavy atom. The van der Waals surface area contributed by atoms with Gasteiger partial charge in [0.2, 0.25) is 0 Å². The molecule has 0 aromatic carbocycles. The van der Waals surface area contributed by atoms with Crippen molar-refractivity contribution in [1.82, 2.24) is 9.78 Å². The van der Waals surface area contributed by atoms with E-state index in [9.17, 15) is 0 Å². The van der Waals surface area contributed by atoms with Crippen LogP contribution in [0.15, 0.2) is 0 Å². The van der Waals surface area contributed by atoms with Crippen LogP contribution in [0.4, 0.5) is 0 Å². The molecule has 1 aromatic rings. The van der Waals surface area contributed by atoms with Crippen LogP contribution in [0.5, 0.6) is 0 Å². The van der Waals surface area contributed by atoms with E-state index >= 15 is 0 Å². The molecule has 0 bridgehead atoms. The van der Waals surface area contributed by atoms with Crippen molar-refractivity contribution < 1.29 is 0 Å².